The van der Waals surface area contributed by atoms with E-state index in [-0.39, 0.29) is 11.6 Å². The summed E-state index contributed by atoms with van der Waals surface area (Å²) in [5, 5.41) is 0.734. The molecule has 40 heavy (non-hydrogen) atoms. The first-order valence-corrected chi connectivity index (χ1v) is 13.5. The van der Waals surface area contributed by atoms with E-state index in [1.165, 1.54) is 17.0 Å². The van der Waals surface area contributed by atoms with E-state index in [2.05, 4.69) is 32.9 Å². The lowest BCUT2D eigenvalue weighted by Gasteiger charge is -2.33. The maximum Gasteiger partial charge on any atom is 0.259 e. The zero-order valence-electron chi connectivity index (χ0n) is 22.6. The van der Waals surface area contributed by atoms with E-state index >= 15 is 8.78 Å². The Bertz CT molecular complexity index is 1520. The van der Waals surface area contributed by atoms with E-state index in [0.29, 0.717) is 37.8 Å². The van der Waals surface area contributed by atoms with Gasteiger partial charge in [0.05, 0.1) is 18.9 Å². The molecule has 0 aliphatic carbocycles. The molecule has 6 rings (SSSR count). The predicted molar refractivity (Wildman–Crippen MR) is 147 cm³/mol. The molecular weight excluding hydrogens is 516 g/mol. The molecule has 9 nitrogen and oxygen atoms in total. The predicted octanol–water partition coefficient (Wildman–Crippen LogP) is 3.47. The topological polar surface area (TPSA) is 79.6 Å². The normalized spacial score (nSPS) is 17.4. The summed E-state index contributed by atoms with van der Waals surface area (Å²) in [5.41, 5.74) is 1.24. The Labute approximate surface area is 231 Å². The van der Waals surface area contributed by atoms with Crippen LogP contribution < -0.4 is 4.90 Å². The second-order valence-corrected chi connectivity index (χ2v) is 10.3. The highest BCUT2D eigenvalue weighted by Gasteiger charge is 2.26. The number of carbonyl (C=O) groups is 1. The zero-order valence-corrected chi connectivity index (χ0v) is 22.6. The molecule has 0 unspecified atom stereocenters. The summed E-state index contributed by atoms with van der Waals surface area (Å²) in [6.07, 6.45) is 5.23. The van der Waals surface area contributed by atoms with Crippen molar-refractivity contribution in [2.24, 2.45) is 0 Å². The number of fused-ring (bicyclic) bond motifs is 1. The quantitative estimate of drug-likeness (QED) is 0.379. The molecule has 1 atom stereocenters. The molecule has 2 saturated heterocycles. The minimum atomic E-state index is -0.913. The summed E-state index contributed by atoms with van der Waals surface area (Å²) >= 11 is 0. The highest BCUT2D eigenvalue weighted by molar-refractivity contribution is 5.95. The number of aromatic nitrogens is 4. The molecule has 11 heteroatoms. The van der Waals surface area contributed by atoms with Gasteiger partial charge in [0.2, 0.25) is 0 Å². The molecule has 0 N–H and O–H groups in total. The minimum Gasteiger partial charge on any atom is -0.378 e. The number of rotatable bonds is 5. The van der Waals surface area contributed by atoms with Crippen molar-refractivity contribution in [2.45, 2.75) is 12.8 Å². The number of hydrogen-bond donors (Lipinski definition) is 0. The minimum absolute atomic E-state index is 0.135. The number of morpholine rings is 1. The lowest BCUT2D eigenvalue weighted by atomic mass is 10.0. The van der Waals surface area contributed by atoms with Gasteiger partial charge in [0.25, 0.3) is 5.91 Å². The van der Waals surface area contributed by atoms with Crippen molar-refractivity contribution >= 4 is 22.8 Å². The molecule has 0 spiro atoms. The fourth-order valence-corrected chi connectivity index (χ4v) is 5.24. The monoisotopic (exact) mass is 547 g/mol. The third-order valence-corrected chi connectivity index (χ3v) is 7.75. The number of carbonyl (C=O) groups excluding carboxylic acids is 1. The molecule has 0 saturated carbocycles. The molecule has 0 bridgehead atoms. The van der Waals surface area contributed by atoms with Crippen molar-refractivity contribution in [3.05, 3.63) is 77.5 Å². The summed E-state index contributed by atoms with van der Waals surface area (Å²) in [4.78, 5) is 32.8. The number of amides is 1. The Morgan fingerprint density at radius 2 is 1.70 bits per heavy atom. The van der Waals surface area contributed by atoms with Gasteiger partial charge in [-0.15, -0.1) is 0 Å². The van der Waals surface area contributed by atoms with Gasteiger partial charge in [-0.25, -0.2) is 23.7 Å². The molecule has 5 heterocycles. The zero-order chi connectivity index (χ0) is 27.8. The van der Waals surface area contributed by atoms with Crippen molar-refractivity contribution in [3.63, 3.8) is 0 Å². The van der Waals surface area contributed by atoms with Crippen LogP contribution in [0.4, 0.5) is 14.6 Å². The molecule has 2 aliphatic heterocycles. The van der Waals surface area contributed by atoms with Gasteiger partial charge in [-0.2, -0.15) is 0 Å². The van der Waals surface area contributed by atoms with Crippen LogP contribution in [0.25, 0.3) is 16.7 Å². The van der Waals surface area contributed by atoms with Gasteiger partial charge < -0.3 is 24.0 Å². The Kier molecular flexibility index (Phi) is 7.16. The SMILES string of the molecule is C[C@@H](c1ccnc(N2CCN(C)CC2)c1)c1ncc2ccn(-c3cc(F)c(C(=O)N4CCOCC4)c(F)c3)c2n1. The Hall–Kier alpha value is -3.96. The summed E-state index contributed by atoms with van der Waals surface area (Å²) in [7, 11) is 2.12. The molecule has 3 aromatic heterocycles. The number of piperazine rings is 1. The average Bonchev–Trinajstić information content (AvgIpc) is 3.40. The van der Waals surface area contributed by atoms with Gasteiger partial charge in [0.1, 0.15) is 34.5 Å². The molecule has 2 aliphatic rings. The van der Waals surface area contributed by atoms with Crippen molar-refractivity contribution in [3.8, 4) is 5.69 Å². The molecular formula is C29H31F2N7O2. The van der Waals surface area contributed by atoms with Crippen LogP contribution in [0.3, 0.4) is 0 Å². The van der Waals surface area contributed by atoms with Crippen molar-refractivity contribution in [1.82, 2.24) is 29.3 Å². The molecule has 4 aromatic rings. The average molecular weight is 548 g/mol. The number of hydrogen-bond acceptors (Lipinski definition) is 7. The van der Waals surface area contributed by atoms with Crippen molar-refractivity contribution in [2.75, 3.05) is 64.4 Å². The van der Waals surface area contributed by atoms with Gasteiger partial charge in [0, 0.05) is 69.2 Å². The first kappa shape index (κ1) is 26.3. The van der Waals surface area contributed by atoms with E-state index < -0.39 is 23.1 Å². The number of pyridine rings is 1. The van der Waals surface area contributed by atoms with Crippen LogP contribution in [-0.2, 0) is 4.74 Å². The highest BCUT2D eigenvalue weighted by Crippen LogP contribution is 2.28. The number of benzene rings is 1. The molecule has 1 aromatic carbocycles. The van der Waals surface area contributed by atoms with Crippen LogP contribution in [0.5, 0.6) is 0 Å². The Balaban J connectivity index is 1.29. The first-order chi connectivity index (χ1) is 19.4. The molecule has 0 radical (unpaired) electrons. The third-order valence-electron chi connectivity index (χ3n) is 7.75. The largest absolute Gasteiger partial charge is 0.378 e. The van der Waals surface area contributed by atoms with Gasteiger partial charge in [-0.3, -0.25) is 4.79 Å². The van der Waals surface area contributed by atoms with Crippen LogP contribution in [0.15, 0.2) is 48.9 Å². The number of halogens is 2. The maximum atomic E-state index is 15.2. The molecule has 208 valence electrons. The molecule has 2 fully saturated rings. The second kappa shape index (κ2) is 10.9. The van der Waals surface area contributed by atoms with Crippen LogP contribution in [0, 0.1) is 11.6 Å². The van der Waals surface area contributed by atoms with Gasteiger partial charge in [0.15, 0.2) is 0 Å². The smallest absolute Gasteiger partial charge is 0.259 e. The number of ether oxygens (including phenoxy) is 1. The third kappa shape index (κ3) is 5.02. The van der Waals surface area contributed by atoms with E-state index in [0.717, 1.165) is 42.9 Å². The van der Waals surface area contributed by atoms with E-state index in [1.807, 2.05) is 19.2 Å². The lowest BCUT2D eigenvalue weighted by Crippen LogP contribution is -2.44. The fraction of sp³-hybridized carbons (Fsp3) is 0.379. The van der Waals surface area contributed by atoms with E-state index in [1.54, 1.807) is 23.0 Å². The number of anilines is 1. The van der Waals surface area contributed by atoms with E-state index in [4.69, 9.17) is 9.72 Å². The number of nitrogens with zero attached hydrogens (tertiary/aromatic N) is 7. The van der Waals surface area contributed by atoms with Crippen LogP contribution in [-0.4, -0.2) is 94.8 Å². The second-order valence-electron chi connectivity index (χ2n) is 10.3. The summed E-state index contributed by atoms with van der Waals surface area (Å²) in [6, 6.07) is 8.19. The summed E-state index contributed by atoms with van der Waals surface area (Å²) in [6.45, 7) is 7.13. The fourth-order valence-electron chi connectivity index (χ4n) is 5.24. The van der Waals surface area contributed by atoms with Crippen LogP contribution >= 0.6 is 0 Å². The summed E-state index contributed by atoms with van der Waals surface area (Å²) in [5.74, 6) is -1.12. The van der Waals surface area contributed by atoms with Crippen LogP contribution in [0.2, 0.25) is 0 Å². The van der Waals surface area contributed by atoms with Gasteiger partial charge in [-0.05, 0) is 42.9 Å². The van der Waals surface area contributed by atoms with E-state index in [9.17, 15) is 4.79 Å². The lowest BCUT2D eigenvalue weighted by molar-refractivity contribution is 0.0296. The highest BCUT2D eigenvalue weighted by atomic mass is 19.1. The summed E-state index contributed by atoms with van der Waals surface area (Å²) < 4.78 is 37.2. The maximum absolute atomic E-state index is 15.2. The molecule has 1 amide bonds. The number of likely N-dealkylation sites (N-methyl/N-ethyl adjacent to an activating group) is 1. The Morgan fingerprint density at radius 3 is 2.42 bits per heavy atom. The van der Waals surface area contributed by atoms with Crippen LogP contribution in [0.1, 0.15) is 34.6 Å². The van der Waals surface area contributed by atoms with Crippen molar-refractivity contribution < 1.29 is 18.3 Å². The standard InChI is InChI=1S/C29H31F2N7O2/c1-19(20-3-5-32-25(15-20)36-9-7-35(2)8-10-36)27-33-18-21-4-6-38(28(21)34-27)22-16-23(30)26(24(31)17-22)29(39)37-11-13-40-14-12-37/h3-6,15-19H,7-14H2,1-2H3/t19-/m0/s1. The van der Waals surface area contributed by atoms with Crippen molar-refractivity contribution in [1.29, 1.82) is 0 Å². The first-order valence-electron chi connectivity index (χ1n) is 13.5. The van der Waals surface area contributed by atoms with Gasteiger partial charge in [-0.1, -0.05) is 6.92 Å². The van der Waals surface area contributed by atoms with Gasteiger partial charge >= 0.3 is 0 Å². The Morgan fingerprint density at radius 1 is 0.975 bits per heavy atom.